The Labute approximate surface area is 171 Å². The minimum absolute atomic E-state index is 0.144. The Morgan fingerprint density at radius 1 is 1.14 bits per heavy atom. The van der Waals surface area contributed by atoms with Crippen LogP contribution in [0.5, 0.6) is 0 Å². The predicted octanol–water partition coefficient (Wildman–Crippen LogP) is 3.67. The van der Waals surface area contributed by atoms with E-state index in [1.54, 1.807) is 11.3 Å². The number of aryl methyl sites for hydroxylation is 2. The zero-order valence-corrected chi connectivity index (χ0v) is 18.6. The van der Waals surface area contributed by atoms with Crippen LogP contribution >= 0.6 is 11.3 Å². The summed E-state index contributed by atoms with van der Waals surface area (Å²) in [5.41, 5.74) is 1.23. The molecule has 0 spiro atoms. The molecule has 3 heterocycles. The lowest BCUT2D eigenvalue weighted by Gasteiger charge is -2.29. The highest BCUT2D eigenvalue weighted by Gasteiger charge is 2.30. The Morgan fingerprint density at radius 3 is 2.61 bits per heavy atom. The van der Waals surface area contributed by atoms with E-state index in [1.807, 2.05) is 0 Å². The molecule has 1 saturated carbocycles. The Hall–Kier alpha value is -1.25. The van der Waals surface area contributed by atoms with Crippen LogP contribution in [0.4, 0.5) is 5.82 Å². The molecule has 0 bridgehead atoms. The van der Waals surface area contributed by atoms with E-state index in [0.29, 0.717) is 6.42 Å². The SMILES string of the molecule is Cc1sc2nc(CN3CCCC3)nc(NC3CCCC(S(C)(=O)=O)C3)c2c1C. The number of sulfone groups is 1. The molecule has 2 atom stereocenters. The van der Waals surface area contributed by atoms with Crippen LogP contribution in [0.3, 0.4) is 0 Å². The zero-order chi connectivity index (χ0) is 19.9. The molecule has 2 aromatic heterocycles. The van der Waals surface area contributed by atoms with Crippen LogP contribution in [0.15, 0.2) is 0 Å². The van der Waals surface area contributed by atoms with Gasteiger partial charge in [-0.15, -0.1) is 11.3 Å². The number of aromatic nitrogens is 2. The molecule has 1 aliphatic carbocycles. The van der Waals surface area contributed by atoms with Crippen molar-refractivity contribution in [3.63, 3.8) is 0 Å². The van der Waals surface area contributed by atoms with Gasteiger partial charge < -0.3 is 5.32 Å². The number of hydrogen-bond acceptors (Lipinski definition) is 7. The van der Waals surface area contributed by atoms with Crippen LogP contribution in [0.2, 0.25) is 0 Å². The van der Waals surface area contributed by atoms with Crippen molar-refractivity contribution in [2.75, 3.05) is 24.7 Å². The maximum absolute atomic E-state index is 12.0. The molecule has 8 heteroatoms. The second kappa shape index (κ2) is 7.88. The maximum atomic E-state index is 12.0. The van der Waals surface area contributed by atoms with E-state index < -0.39 is 9.84 Å². The summed E-state index contributed by atoms with van der Waals surface area (Å²) in [5, 5.41) is 4.48. The van der Waals surface area contributed by atoms with Crippen LogP contribution < -0.4 is 5.32 Å². The largest absolute Gasteiger partial charge is 0.367 e. The number of nitrogens with zero attached hydrogens (tertiary/aromatic N) is 3. The fourth-order valence-electron chi connectivity index (χ4n) is 4.47. The van der Waals surface area contributed by atoms with Crippen LogP contribution in [0.1, 0.15) is 54.8 Å². The van der Waals surface area contributed by atoms with Gasteiger partial charge in [-0.05, 0) is 64.6 Å². The Kier molecular flexibility index (Phi) is 5.64. The quantitative estimate of drug-likeness (QED) is 0.792. The van der Waals surface area contributed by atoms with Gasteiger partial charge in [0.25, 0.3) is 0 Å². The van der Waals surface area contributed by atoms with Crippen molar-refractivity contribution >= 4 is 37.2 Å². The lowest BCUT2D eigenvalue weighted by Crippen LogP contribution is -2.34. The Morgan fingerprint density at radius 2 is 1.89 bits per heavy atom. The Balaban J connectivity index is 1.64. The van der Waals surface area contributed by atoms with Gasteiger partial charge in [-0.1, -0.05) is 6.42 Å². The van der Waals surface area contributed by atoms with E-state index in [1.165, 1.54) is 29.5 Å². The summed E-state index contributed by atoms with van der Waals surface area (Å²) in [5.74, 6) is 1.76. The minimum atomic E-state index is -3.00. The average molecular weight is 423 g/mol. The Bertz CT molecular complexity index is 964. The molecule has 2 unspecified atom stereocenters. The molecule has 2 aliphatic rings. The molecule has 0 amide bonds. The molecule has 28 heavy (non-hydrogen) atoms. The molecule has 1 saturated heterocycles. The van der Waals surface area contributed by atoms with E-state index in [0.717, 1.165) is 60.8 Å². The highest BCUT2D eigenvalue weighted by molar-refractivity contribution is 7.91. The van der Waals surface area contributed by atoms with Gasteiger partial charge in [-0.25, -0.2) is 18.4 Å². The zero-order valence-electron chi connectivity index (χ0n) is 17.0. The third-order valence-electron chi connectivity index (χ3n) is 6.21. The number of hydrogen-bond donors (Lipinski definition) is 1. The lowest BCUT2D eigenvalue weighted by atomic mass is 9.95. The molecule has 154 valence electrons. The predicted molar refractivity (Wildman–Crippen MR) is 116 cm³/mol. The topological polar surface area (TPSA) is 75.2 Å². The third kappa shape index (κ3) is 4.19. The van der Waals surface area contributed by atoms with E-state index in [2.05, 4.69) is 24.1 Å². The second-order valence-corrected chi connectivity index (χ2v) is 11.9. The van der Waals surface area contributed by atoms with Crippen LogP contribution in [0, 0.1) is 13.8 Å². The van der Waals surface area contributed by atoms with E-state index >= 15 is 0 Å². The number of anilines is 1. The average Bonchev–Trinajstić information content (AvgIpc) is 3.23. The smallest absolute Gasteiger partial charge is 0.150 e. The van der Waals surface area contributed by atoms with Crippen LogP contribution in [-0.2, 0) is 16.4 Å². The van der Waals surface area contributed by atoms with Crippen LogP contribution in [0.25, 0.3) is 10.2 Å². The van der Waals surface area contributed by atoms with Gasteiger partial charge in [-0.2, -0.15) is 0 Å². The second-order valence-electron chi connectivity index (χ2n) is 8.39. The first kappa shape index (κ1) is 20.0. The molecular weight excluding hydrogens is 392 g/mol. The van der Waals surface area contributed by atoms with Crippen molar-refractivity contribution in [1.82, 2.24) is 14.9 Å². The summed E-state index contributed by atoms with van der Waals surface area (Å²) >= 11 is 1.73. The van der Waals surface area contributed by atoms with Crippen molar-refractivity contribution in [2.45, 2.75) is 70.2 Å². The molecule has 0 aromatic carbocycles. The van der Waals surface area contributed by atoms with Gasteiger partial charge >= 0.3 is 0 Å². The first-order valence-electron chi connectivity index (χ1n) is 10.3. The first-order chi connectivity index (χ1) is 13.3. The fraction of sp³-hybridized carbons (Fsp3) is 0.700. The molecule has 6 nitrogen and oxygen atoms in total. The van der Waals surface area contributed by atoms with Crippen LogP contribution in [-0.4, -0.2) is 53.9 Å². The van der Waals surface area contributed by atoms with Crippen molar-refractivity contribution in [1.29, 1.82) is 0 Å². The summed E-state index contributed by atoms with van der Waals surface area (Å²) in [7, 11) is -3.00. The summed E-state index contributed by atoms with van der Waals surface area (Å²) in [6.07, 6.45) is 7.22. The van der Waals surface area contributed by atoms with Gasteiger partial charge in [-0.3, -0.25) is 4.90 Å². The normalized spacial score (nSPS) is 24.1. The number of thiophene rings is 1. The molecule has 1 N–H and O–H groups in total. The van der Waals surface area contributed by atoms with Gasteiger partial charge in [0.2, 0.25) is 0 Å². The molecule has 4 rings (SSSR count). The number of nitrogens with one attached hydrogen (secondary N) is 1. The third-order valence-corrected chi connectivity index (χ3v) is 8.95. The number of fused-ring (bicyclic) bond motifs is 1. The first-order valence-corrected chi connectivity index (χ1v) is 13.0. The molecule has 2 aromatic rings. The van der Waals surface area contributed by atoms with E-state index in [9.17, 15) is 8.42 Å². The highest BCUT2D eigenvalue weighted by atomic mass is 32.2. The summed E-state index contributed by atoms with van der Waals surface area (Å²) < 4.78 is 24.1. The standard InChI is InChI=1S/C20H30N4O2S2/c1-13-14(2)27-20-18(13)19(22-17(23-20)12-24-9-4-5-10-24)21-15-7-6-8-16(11-15)28(3,25)26/h15-16H,4-12H2,1-3H3,(H,21,22,23). The van der Waals surface area contributed by atoms with E-state index in [-0.39, 0.29) is 11.3 Å². The highest BCUT2D eigenvalue weighted by Crippen LogP contribution is 2.35. The van der Waals surface area contributed by atoms with Gasteiger partial charge in [0.15, 0.2) is 0 Å². The van der Waals surface area contributed by atoms with Gasteiger partial charge in [0, 0.05) is 17.2 Å². The number of likely N-dealkylation sites (tertiary alicyclic amines) is 1. The van der Waals surface area contributed by atoms with Crippen molar-refractivity contribution in [2.24, 2.45) is 0 Å². The van der Waals surface area contributed by atoms with Crippen molar-refractivity contribution in [3.8, 4) is 0 Å². The molecular formula is C20H30N4O2S2. The fourth-order valence-corrected chi connectivity index (χ4v) is 6.69. The molecule has 0 radical (unpaired) electrons. The van der Waals surface area contributed by atoms with Gasteiger partial charge in [0.05, 0.1) is 17.2 Å². The molecule has 2 fully saturated rings. The van der Waals surface area contributed by atoms with Crippen molar-refractivity contribution in [3.05, 3.63) is 16.3 Å². The van der Waals surface area contributed by atoms with Crippen molar-refractivity contribution < 1.29 is 8.42 Å². The monoisotopic (exact) mass is 422 g/mol. The lowest BCUT2D eigenvalue weighted by molar-refractivity contribution is 0.323. The maximum Gasteiger partial charge on any atom is 0.150 e. The summed E-state index contributed by atoms with van der Waals surface area (Å²) in [6.45, 7) is 7.28. The summed E-state index contributed by atoms with van der Waals surface area (Å²) in [4.78, 5) is 14.5. The number of rotatable bonds is 5. The minimum Gasteiger partial charge on any atom is -0.367 e. The summed E-state index contributed by atoms with van der Waals surface area (Å²) in [6, 6.07) is 0.144. The van der Waals surface area contributed by atoms with E-state index in [4.69, 9.17) is 9.97 Å². The van der Waals surface area contributed by atoms with Gasteiger partial charge in [0.1, 0.15) is 26.3 Å². The molecule has 1 aliphatic heterocycles.